The lowest BCUT2D eigenvalue weighted by molar-refractivity contribution is -0.144. The van der Waals surface area contributed by atoms with Crippen LogP contribution in [0.3, 0.4) is 0 Å². The molecule has 6 nitrogen and oxygen atoms in total. The van der Waals surface area contributed by atoms with Crippen molar-refractivity contribution in [1.29, 1.82) is 0 Å². The third-order valence-electron chi connectivity index (χ3n) is 3.95. The molecule has 0 saturated carbocycles. The van der Waals surface area contributed by atoms with Crippen LogP contribution in [0.4, 0.5) is 0 Å². The van der Waals surface area contributed by atoms with Crippen LogP contribution in [-0.2, 0) is 4.79 Å². The number of aliphatic carboxylic acids is 1. The number of carbonyl (C=O) groups excluding carboxylic acids is 1. The van der Waals surface area contributed by atoms with Gasteiger partial charge in [-0.2, -0.15) is 5.10 Å². The first-order valence-electron chi connectivity index (χ1n) is 8.35. The van der Waals surface area contributed by atoms with Gasteiger partial charge in [-0.25, -0.2) is 10.2 Å². The molecule has 0 aliphatic carbocycles. The number of hydrogen-bond donors (Lipinski definition) is 2. The maximum atomic E-state index is 12.4. The van der Waals surface area contributed by atoms with E-state index in [0.29, 0.717) is 11.3 Å². The number of hydrazone groups is 1. The smallest absolute Gasteiger partial charge is 0.344 e. The van der Waals surface area contributed by atoms with Gasteiger partial charge in [-0.05, 0) is 53.6 Å². The summed E-state index contributed by atoms with van der Waals surface area (Å²) in [7, 11) is 0. The number of benzene rings is 3. The summed E-state index contributed by atoms with van der Waals surface area (Å²) >= 11 is 0. The molecule has 0 unspecified atom stereocenters. The maximum absolute atomic E-state index is 12.4. The largest absolute Gasteiger partial charge is 0.479 e. The molecule has 0 radical (unpaired) electrons. The van der Waals surface area contributed by atoms with Crippen molar-refractivity contribution in [3.8, 4) is 5.75 Å². The molecule has 3 aromatic rings. The number of carbonyl (C=O) groups is 2. The van der Waals surface area contributed by atoms with E-state index in [0.717, 1.165) is 16.3 Å². The number of amides is 1. The quantitative estimate of drug-likeness (QED) is 0.519. The number of carboxylic acids is 1. The Labute approximate surface area is 156 Å². The van der Waals surface area contributed by atoms with Crippen LogP contribution < -0.4 is 10.2 Å². The lowest BCUT2D eigenvalue weighted by atomic mass is 10.0. The molecule has 0 saturated heterocycles. The third kappa shape index (κ3) is 4.49. The Kier molecular flexibility index (Phi) is 5.47. The predicted octanol–water partition coefficient (Wildman–Crippen LogP) is 3.46. The fourth-order valence-electron chi connectivity index (χ4n) is 2.54. The molecular weight excluding hydrogens is 344 g/mol. The van der Waals surface area contributed by atoms with E-state index in [1.807, 2.05) is 36.4 Å². The van der Waals surface area contributed by atoms with Crippen LogP contribution in [0.15, 0.2) is 71.8 Å². The fourth-order valence-corrected chi connectivity index (χ4v) is 2.54. The topological polar surface area (TPSA) is 88.0 Å². The van der Waals surface area contributed by atoms with Crippen molar-refractivity contribution in [2.45, 2.75) is 13.0 Å². The average molecular weight is 362 g/mol. The van der Waals surface area contributed by atoms with Crippen LogP contribution in [0.5, 0.6) is 5.75 Å². The Morgan fingerprint density at radius 3 is 2.48 bits per heavy atom. The van der Waals surface area contributed by atoms with Gasteiger partial charge in [0.05, 0.1) is 6.21 Å². The van der Waals surface area contributed by atoms with Crippen molar-refractivity contribution in [2.24, 2.45) is 5.10 Å². The van der Waals surface area contributed by atoms with E-state index in [1.54, 1.807) is 30.3 Å². The standard InChI is InChI=1S/C21H18N2O4/c1-14(21(25)26)27-17-11-9-15(10-12-17)13-22-23-20(24)19-8-4-6-16-5-2-3-7-18(16)19/h2-14H,1H3,(H,23,24)(H,25,26)/b22-13-/t14-/m0/s1. The zero-order valence-corrected chi connectivity index (χ0v) is 14.6. The van der Waals surface area contributed by atoms with Crippen LogP contribution in [0, 0.1) is 0 Å². The Morgan fingerprint density at radius 1 is 1.04 bits per heavy atom. The van der Waals surface area contributed by atoms with Gasteiger partial charge >= 0.3 is 5.97 Å². The summed E-state index contributed by atoms with van der Waals surface area (Å²) < 4.78 is 5.26. The summed E-state index contributed by atoms with van der Waals surface area (Å²) in [6.45, 7) is 1.46. The van der Waals surface area contributed by atoms with Crippen LogP contribution in [0.25, 0.3) is 10.8 Å². The normalized spacial score (nSPS) is 12.0. The van der Waals surface area contributed by atoms with Crippen LogP contribution in [-0.4, -0.2) is 29.3 Å². The number of nitrogens with one attached hydrogen (secondary N) is 1. The molecular formula is C21H18N2O4. The number of nitrogens with zero attached hydrogens (tertiary/aromatic N) is 1. The monoisotopic (exact) mass is 362 g/mol. The molecule has 0 heterocycles. The molecule has 0 fully saturated rings. The van der Waals surface area contributed by atoms with Gasteiger partial charge in [0.25, 0.3) is 5.91 Å². The molecule has 0 aliphatic heterocycles. The van der Waals surface area contributed by atoms with Crippen LogP contribution >= 0.6 is 0 Å². The summed E-state index contributed by atoms with van der Waals surface area (Å²) in [6.07, 6.45) is 0.581. The zero-order valence-electron chi connectivity index (χ0n) is 14.6. The lowest BCUT2D eigenvalue weighted by Gasteiger charge is -2.09. The molecule has 0 bridgehead atoms. The summed E-state index contributed by atoms with van der Waals surface area (Å²) in [6, 6.07) is 19.9. The van der Waals surface area contributed by atoms with Crippen molar-refractivity contribution in [2.75, 3.05) is 0 Å². The van der Waals surface area contributed by atoms with E-state index in [4.69, 9.17) is 9.84 Å². The number of carboxylic acid groups (broad SMARTS) is 1. The summed E-state index contributed by atoms with van der Waals surface area (Å²) in [4.78, 5) is 23.2. The van der Waals surface area contributed by atoms with Crippen molar-refractivity contribution in [3.63, 3.8) is 0 Å². The highest BCUT2D eigenvalue weighted by Gasteiger charge is 2.12. The first kappa shape index (κ1) is 18.1. The highest BCUT2D eigenvalue weighted by molar-refractivity contribution is 6.07. The van der Waals surface area contributed by atoms with Crippen LogP contribution in [0.2, 0.25) is 0 Å². The SMILES string of the molecule is C[C@H](Oc1ccc(/C=N\NC(=O)c2cccc3ccccc23)cc1)C(=O)O. The van der Waals surface area contributed by atoms with Crippen molar-refractivity contribution < 1.29 is 19.4 Å². The highest BCUT2D eigenvalue weighted by atomic mass is 16.5. The van der Waals surface area contributed by atoms with E-state index in [1.165, 1.54) is 13.1 Å². The molecule has 1 amide bonds. The van der Waals surface area contributed by atoms with E-state index < -0.39 is 12.1 Å². The van der Waals surface area contributed by atoms with Gasteiger partial charge in [-0.3, -0.25) is 4.79 Å². The third-order valence-corrected chi connectivity index (χ3v) is 3.95. The van der Waals surface area contributed by atoms with E-state index >= 15 is 0 Å². The number of fused-ring (bicyclic) bond motifs is 1. The zero-order chi connectivity index (χ0) is 19.2. The summed E-state index contributed by atoms with van der Waals surface area (Å²) in [5, 5.41) is 14.7. The van der Waals surface area contributed by atoms with E-state index in [9.17, 15) is 9.59 Å². The molecule has 27 heavy (non-hydrogen) atoms. The van der Waals surface area contributed by atoms with E-state index in [2.05, 4.69) is 10.5 Å². The minimum absolute atomic E-state index is 0.293. The minimum atomic E-state index is -1.03. The average Bonchev–Trinajstić information content (AvgIpc) is 2.68. The second-order valence-corrected chi connectivity index (χ2v) is 5.89. The second-order valence-electron chi connectivity index (χ2n) is 5.89. The van der Waals surface area contributed by atoms with Gasteiger partial charge in [0.1, 0.15) is 5.75 Å². The molecule has 0 aromatic heterocycles. The molecule has 0 aliphatic rings. The first-order valence-corrected chi connectivity index (χ1v) is 8.35. The van der Waals surface area contributed by atoms with Gasteiger partial charge in [-0.15, -0.1) is 0 Å². The van der Waals surface area contributed by atoms with Crippen molar-refractivity contribution in [3.05, 3.63) is 77.9 Å². The van der Waals surface area contributed by atoms with Gasteiger partial charge < -0.3 is 9.84 Å². The summed E-state index contributed by atoms with van der Waals surface area (Å²) in [5.74, 6) is -0.878. The Bertz CT molecular complexity index is 991. The van der Waals surface area contributed by atoms with Gasteiger partial charge in [0.15, 0.2) is 6.10 Å². The summed E-state index contributed by atoms with van der Waals surface area (Å²) in [5.41, 5.74) is 3.81. The Hall–Kier alpha value is -3.67. The molecule has 2 N–H and O–H groups in total. The lowest BCUT2D eigenvalue weighted by Crippen LogP contribution is -2.22. The van der Waals surface area contributed by atoms with Gasteiger partial charge in [0.2, 0.25) is 0 Å². The molecule has 1 atom stereocenters. The predicted molar refractivity (Wildman–Crippen MR) is 103 cm³/mol. The van der Waals surface area contributed by atoms with Crippen molar-refractivity contribution >= 4 is 28.9 Å². The Morgan fingerprint density at radius 2 is 1.74 bits per heavy atom. The number of ether oxygens (including phenoxy) is 1. The van der Waals surface area contributed by atoms with Crippen molar-refractivity contribution in [1.82, 2.24) is 5.43 Å². The molecule has 0 spiro atoms. The highest BCUT2D eigenvalue weighted by Crippen LogP contribution is 2.18. The second kappa shape index (κ2) is 8.14. The fraction of sp³-hybridized carbons (Fsp3) is 0.0952. The minimum Gasteiger partial charge on any atom is -0.479 e. The molecule has 136 valence electrons. The number of hydrogen-bond acceptors (Lipinski definition) is 4. The molecule has 6 heteroatoms. The molecule has 3 aromatic carbocycles. The first-order chi connectivity index (χ1) is 13.0. The molecule has 3 rings (SSSR count). The number of rotatable bonds is 6. The van der Waals surface area contributed by atoms with Gasteiger partial charge in [-0.1, -0.05) is 36.4 Å². The van der Waals surface area contributed by atoms with Gasteiger partial charge in [0, 0.05) is 5.56 Å². The van der Waals surface area contributed by atoms with E-state index in [-0.39, 0.29) is 5.91 Å². The van der Waals surface area contributed by atoms with Crippen LogP contribution in [0.1, 0.15) is 22.8 Å². The Balaban J connectivity index is 1.65. The maximum Gasteiger partial charge on any atom is 0.344 e.